The Bertz CT molecular complexity index is 552. The summed E-state index contributed by atoms with van der Waals surface area (Å²) in [5.74, 6) is 1.11. The molecule has 2 aromatic heterocycles. The zero-order valence-electron chi connectivity index (χ0n) is 11.3. The number of aromatic nitrogens is 3. The summed E-state index contributed by atoms with van der Waals surface area (Å²) < 4.78 is 10.2. The summed E-state index contributed by atoms with van der Waals surface area (Å²) in [5.41, 5.74) is -0.369. The first-order valence-electron chi connectivity index (χ1n) is 6.14. The lowest BCUT2D eigenvalue weighted by molar-refractivity contribution is 0.0138. The molecule has 0 saturated carbocycles. The van der Waals surface area contributed by atoms with Crippen LogP contribution in [0.3, 0.4) is 0 Å². The smallest absolute Gasteiger partial charge is 0.258 e. The molecule has 0 bridgehead atoms. The number of ether oxygens (including phenoxy) is 1. The molecule has 0 amide bonds. The summed E-state index contributed by atoms with van der Waals surface area (Å²) >= 11 is 0. The van der Waals surface area contributed by atoms with Crippen LogP contribution in [0.4, 0.5) is 0 Å². The molecular formula is C13H17N3O3. The van der Waals surface area contributed by atoms with Crippen LogP contribution in [0.2, 0.25) is 0 Å². The van der Waals surface area contributed by atoms with Crippen molar-refractivity contribution in [2.24, 2.45) is 0 Å². The van der Waals surface area contributed by atoms with Gasteiger partial charge in [0.05, 0.1) is 7.11 Å². The largest absolute Gasteiger partial charge is 0.481 e. The first-order chi connectivity index (χ1) is 9.06. The van der Waals surface area contributed by atoms with Gasteiger partial charge in [0.1, 0.15) is 5.60 Å². The van der Waals surface area contributed by atoms with Crippen molar-refractivity contribution in [1.82, 2.24) is 15.1 Å². The van der Waals surface area contributed by atoms with E-state index in [1.54, 1.807) is 32.4 Å². The van der Waals surface area contributed by atoms with Gasteiger partial charge in [-0.1, -0.05) is 18.5 Å². The maximum Gasteiger partial charge on any atom is 0.258 e. The summed E-state index contributed by atoms with van der Waals surface area (Å²) in [6.07, 6.45) is 3.00. The number of aliphatic hydroxyl groups is 1. The van der Waals surface area contributed by atoms with E-state index in [1.807, 2.05) is 6.92 Å². The Balaban J connectivity index is 2.30. The standard InChI is InChI=1S/C13H17N3O3/c1-4-6-13(2,17)12-15-11(16-19-12)9-5-7-14-10(8-9)18-3/h5,7-8,17H,4,6H2,1-3H3/t13-/m0/s1. The molecular weight excluding hydrogens is 246 g/mol. The Morgan fingerprint density at radius 3 is 2.95 bits per heavy atom. The van der Waals surface area contributed by atoms with Crippen molar-refractivity contribution in [3.8, 4) is 17.3 Å². The Morgan fingerprint density at radius 1 is 1.47 bits per heavy atom. The Kier molecular flexibility index (Phi) is 3.80. The molecule has 1 atom stereocenters. The van der Waals surface area contributed by atoms with Crippen LogP contribution < -0.4 is 4.74 Å². The number of pyridine rings is 1. The van der Waals surface area contributed by atoms with Gasteiger partial charge in [-0.3, -0.25) is 0 Å². The third kappa shape index (κ3) is 2.90. The van der Waals surface area contributed by atoms with E-state index in [-0.39, 0.29) is 5.89 Å². The van der Waals surface area contributed by atoms with E-state index in [1.165, 1.54) is 0 Å². The van der Waals surface area contributed by atoms with Crippen LogP contribution in [0.1, 0.15) is 32.6 Å². The van der Waals surface area contributed by atoms with E-state index in [4.69, 9.17) is 9.26 Å². The maximum absolute atomic E-state index is 10.2. The Labute approximate surface area is 111 Å². The normalized spacial score (nSPS) is 14.1. The van der Waals surface area contributed by atoms with Gasteiger partial charge in [0.2, 0.25) is 11.7 Å². The average Bonchev–Trinajstić information content (AvgIpc) is 2.89. The fourth-order valence-electron chi connectivity index (χ4n) is 1.81. The predicted octanol–water partition coefficient (Wildman–Crippen LogP) is 2.15. The molecule has 1 N–H and O–H groups in total. The molecule has 6 nitrogen and oxygen atoms in total. The van der Waals surface area contributed by atoms with Gasteiger partial charge >= 0.3 is 0 Å². The van der Waals surface area contributed by atoms with Gasteiger partial charge in [-0.2, -0.15) is 4.98 Å². The molecule has 0 spiro atoms. The third-order valence-corrected chi connectivity index (χ3v) is 2.83. The number of hydrogen-bond acceptors (Lipinski definition) is 6. The second-order valence-corrected chi connectivity index (χ2v) is 4.53. The lowest BCUT2D eigenvalue weighted by Gasteiger charge is -2.16. The maximum atomic E-state index is 10.2. The first kappa shape index (κ1) is 13.5. The van der Waals surface area contributed by atoms with E-state index in [0.29, 0.717) is 18.1 Å². The highest BCUT2D eigenvalue weighted by Crippen LogP contribution is 2.27. The van der Waals surface area contributed by atoms with Gasteiger partial charge in [-0.05, 0) is 19.4 Å². The van der Waals surface area contributed by atoms with Gasteiger partial charge in [0.15, 0.2) is 0 Å². The first-order valence-corrected chi connectivity index (χ1v) is 6.14. The molecule has 19 heavy (non-hydrogen) atoms. The van der Waals surface area contributed by atoms with Crippen LogP contribution in [0, 0.1) is 0 Å². The van der Waals surface area contributed by atoms with Crippen molar-refractivity contribution in [1.29, 1.82) is 0 Å². The molecule has 0 aliphatic heterocycles. The molecule has 0 radical (unpaired) electrons. The Morgan fingerprint density at radius 2 is 2.26 bits per heavy atom. The van der Waals surface area contributed by atoms with Crippen LogP contribution >= 0.6 is 0 Å². The number of methoxy groups -OCH3 is 1. The fourth-order valence-corrected chi connectivity index (χ4v) is 1.81. The predicted molar refractivity (Wildman–Crippen MR) is 68.6 cm³/mol. The average molecular weight is 263 g/mol. The minimum Gasteiger partial charge on any atom is -0.481 e. The molecule has 0 saturated heterocycles. The monoisotopic (exact) mass is 263 g/mol. The van der Waals surface area contributed by atoms with Crippen molar-refractivity contribution in [3.63, 3.8) is 0 Å². The third-order valence-electron chi connectivity index (χ3n) is 2.83. The second kappa shape index (κ2) is 5.36. The number of rotatable bonds is 5. The molecule has 6 heteroatoms. The van der Waals surface area contributed by atoms with Crippen LogP contribution in [0.25, 0.3) is 11.4 Å². The molecule has 2 rings (SSSR count). The van der Waals surface area contributed by atoms with Crippen molar-refractivity contribution >= 4 is 0 Å². The lowest BCUT2D eigenvalue weighted by Crippen LogP contribution is -2.21. The Hall–Kier alpha value is -1.95. The number of nitrogens with zero attached hydrogens (tertiary/aromatic N) is 3. The van der Waals surface area contributed by atoms with Crippen molar-refractivity contribution in [3.05, 3.63) is 24.2 Å². The van der Waals surface area contributed by atoms with Gasteiger partial charge in [-0.25, -0.2) is 4.98 Å². The molecule has 2 heterocycles. The van der Waals surface area contributed by atoms with E-state index >= 15 is 0 Å². The molecule has 0 unspecified atom stereocenters. The summed E-state index contributed by atoms with van der Waals surface area (Å²) in [5, 5.41) is 14.1. The minimum atomic E-state index is -1.10. The van der Waals surface area contributed by atoms with Crippen molar-refractivity contribution in [2.75, 3.05) is 7.11 Å². The van der Waals surface area contributed by atoms with Crippen LogP contribution in [0.15, 0.2) is 22.9 Å². The highest BCUT2D eigenvalue weighted by Gasteiger charge is 2.29. The highest BCUT2D eigenvalue weighted by atomic mass is 16.5. The van der Waals surface area contributed by atoms with Gasteiger partial charge in [0.25, 0.3) is 5.89 Å². The molecule has 102 valence electrons. The molecule has 0 aromatic carbocycles. The lowest BCUT2D eigenvalue weighted by atomic mass is 10.0. The molecule has 0 fully saturated rings. The zero-order valence-corrected chi connectivity index (χ0v) is 11.3. The van der Waals surface area contributed by atoms with Crippen molar-refractivity contribution in [2.45, 2.75) is 32.3 Å². The van der Waals surface area contributed by atoms with E-state index in [9.17, 15) is 5.11 Å². The molecule has 0 aliphatic carbocycles. The van der Waals surface area contributed by atoms with Crippen LogP contribution in [0.5, 0.6) is 5.88 Å². The highest BCUT2D eigenvalue weighted by molar-refractivity contribution is 5.55. The fraction of sp³-hybridized carbons (Fsp3) is 0.462. The second-order valence-electron chi connectivity index (χ2n) is 4.53. The number of hydrogen-bond donors (Lipinski definition) is 1. The van der Waals surface area contributed by atoms with E-state index < -0.39 is 5.60 Å². The van der Waals surface area contributed by atoms with Crippen molar-refractivity contribution < 1.29 is 14.4 Å². The van der Waals surface area contributed by atoms with Crippen LogP contribution in [-0.2, 0) is 5.60 Å². The molecule has 2 aromatic rings. The van der Waals surface area contributed by atoms with E-state index in [0.717, 1.165) is 12.0 Å². The van der Waals surface area contributed by atoms with Gasteiger partial charge in [-0.15, -0.1) is 0 Å². The molecule has 0 aliphatic rings. The summed E-state index contributed by atoms with van der Waals surface area (Å²) in [7, 11) is 1.54. The minimum absolute atomic E-state index is 0.222. The van der Waals surface area contributed by atoms with Gasteiger partial charge < -0.3 is 14.4 Å². The summed E-state index contributed by atoms with van der Waals surface area (Å²) in [4.78, 5) is 8.25. The summed E-state index contributed by atoms with van der Waals surface area (Å²) in [6, 6.07) is 3.47. The SMILES string of the molecule is CCC[C@](C)(O)c1nc(-c2ccnc(OC)c2)no1. The summed E-state index contributed by atoms with van der Waals surface area (Å²) in [6.45, 7) is 3.65. The van der Waals surface area contributed by atoms with Crippen LogP contribution in [-0.4, -0.2) is 27.3 Å². The van der Waals surface area contributed by atoms with Gasteiger partial charge in [0, 0.05) is 17.8 Å². The van der Waals surface area contributed by atoms with E-state index in [2.05, 4.69) is 15.1 Å². The quantitative estimate of drug-likeness (QED) is 0.890. The topological polar surface area (TPSA) is 81.3 Å². The zero-order chi connectivity index (χ0) is 13.9.